The zero-order valence-corrected chi connectivity index (χ0v) is 11.2. The largest absolute Gasteiger partial charge is 0.494 e. The number of halogens is 2. The summed E-state index contributed by atoms with van der Waals surface area (Å²) in [7, 11) is 1.37. The normalized spacial score (nSPS) is 10.2. The first-order chi connectivity index (χ1) is 8.65. The van der Waals surface area contributed by atoms with Crippen molar-refractivity contribution in [3.63, 3.8) is 0 Å². The van der Waals surface area contributed by atoms with Crippen molar-refractivity contribution in [1.29, 1.82) is 0 Å². The summed E-state index contributed by atoms with van der Waals surface area (Å²) >= 11 is 3.28. The van der Waals surface area contributed by atoms with Gasteiger partial charge >= 0.3 is 0 Å². The fourth-order valence-electron chi connectivity index (χ4n) is 1.63. The monoisotopic (exact) mass is 308 g/mol. The molecule has 0 atom stereocenters. The molecule has 0 radical (unpaired) electrons. The Kier molecular flexibility index (Phi) is 3.77. The summed E-state index contributed by atoms with van der Waals surface area (Å²) in [5.41, 5.74) is 0.422. The van der Waals surface area contributed by atoms with E-state index in [4.69, 9.17) is 4.74 Å². The van der Waals surface area contributed by atoms with E-state index < -0.39 is 5.82 Å². The van der Waals surface area contributed by atoms with Gasteiger partial charge in [-0.2, -0.15) is 0 Å². The predicted octanol–water partition coefficient (Wildman–Crippen LogP) is 3.83. The molecule has 0 saturated heterocycles. The van der Waals surface area contributed by atoms with Crippen molar-refractivity contribution in [3.8, 4) is 5.75 Å². The van der Waals surface area contributed by atoms with Crippen molar-refractivity contribution in [3.05, 3.63) is 63.9 Å². The molecular formula is C14H10BrFO2. The zero-order chi connectivity index (χ0) is 13.1. The summed E-state index contributed by atoms with van der Waals surface area (Å²) < 4.78 is 19.5. The summed E-state index contributed by atoms with van der Waals surface area (Å²) in [4.78, 5) is 12.2. The summed E-state index contributed by atoms with van der Waals surface area (Å²) in [5, 5.41) is 0. The Balaban J connectivity index is 2.50. The summed E-state index contributed by atoms with van der Waals surface area (Å²) in [6.45, 7) is 0. The minimum atomic E-state index is -0.638. The van der Waals surface area contributed by atoms with Crippen molar-refractivity contribution in [2.45, 2.75) is 0 Å². The van der Waals surface area contributed by atoms with Crippen LogP contribution in [0.5, 0.6) is 5.75 Å². The number of ether oxygens (including phenoxy) is 1. The van der Waals surface area contributed by atoms with Gasteiger partial charge in [-0.3, -0.25) is 4.79 Å². The lowest BCUT2D eigenvalue weighted by Crippen LogP contribution is -2.06. The van der Waals surface area contributed by atoms with Crippen molar-refractivity contribution in [1.82, 2.24) is 0 Å². The van der Waals surface area contributed by atoms with Gasteiger partial charge in [-0.25, -0.2) is 4.39 Å². The highest BCUT2D eigenvalue weighted by atomic mass is 79.9. The highest BCUT2D eigenvalue weighted by molar-refractivity contribution is 9.10. The van der Waals surface area contributed by atoms with Crippen LogP contribution in [0.1, 0.15) is 15.9 Å². The van der Waals surface area contributed by atoms with Crippen LogP contribution in [0.2, 0.25) is 0 Å². The molecule has 2 aromatic carbocycles. The molecular weight excluding hydrogens is 299 g/mol. The maximum Gasteiger partial charge on any atom is 0.197 e. The Morgan fingerprint density at radius 2 is 1.78 bits per heavy atom. The second-order valence-electron chi connectivity index (χ2n) is 3.63. The summed E-state index contributed by atoms with van der Waals surface area (Å²) in [6, 6.07) is 11.4. The van der Waals surface area contributed by atoms with Crippen LogP contribution in [-0.2, 0) is 0 Å². The topological polar surface area (TPSA) is 26.3 Å². The Hall–Kier alpha value is -1.68. The first-order valence-corrected chi connectivity index (χ1v) is 6.06. The predicted molar refractivity (Wildman–Crippen MR) is 70.5 cm³/mol. The van der Waals surface area contributed by atoms with Crippen LogP contribution >= 0.6 is 15.9 Å². The van der Waals surface area contributed by atoms with Crippen molar-refractivity contribution < 1.29 is 13.9 Å². The van der Waals surface area contributed by atoms with Gasteiger partial charge in [0.05, 0.1) is 12.7 Å². The number of methoxy groups -OCH3 is 1. The second kappa shape index (κ2) is 5.31. The summed E-state index contributed by atoms with van der Waals surface area (Å²) in [6.07, 6.45) is 0. The van der Waals surface area contributed by atoms with Crippen LogP contribution < -0.4 is 4.74 Å². The SMILES string of the molecule is COc1cccc(C(=O)c2ccccc2Br)c1F. The Bertz CT molecular complexity index is 596. The number of hydrogen-bond acceptors (Lipinski definition) is 2. The molecule has 0 amide bonds. The Morgan fingerprint density at radius 1 is 1.11 bits per heavy atom. The average Bonchev–Trinajstić information content (AvgIpc) is 2.39. The van der Waals surface area contributed by atoms with Gasteiger partial charge in [0.1, 0.15) is 0 Å². The lowest BCUT2D eigenvalue weighted by Gasteiger charge is -2.07. The fraction of sp³-hybridized carbons (Fsp3) is 0.0714. The number of benzene rings is 2. The number of ketones is 1. The molecule has 0 aromatic heterocycles. The highest BCUT2D eigenvalue weighted by Gasteiger charge is 2.18. The van der Waals surface area contributed by atoms with Crippen LogP contribution in [-0.4, -0.2) is 12.9 Å². The minimum absolute atomic E-state index is 0.00116. The maximum atomic E-state index is 14.0. The molecule has 0 unspecified atom stereocenters. The van der Waals surface area contributed by atoms with E-state index in [1.807, 2.05) is 0 Å². The van der Waals surface area contributed by atoms with Crippen molar-refractivity contribution >= 4 is 21.7 Å². The highest BCUT2D eigenvalue weighted by Crippen LogP contribution is 2.25. The third kappa shape index (κ3) is 2.29. The second-order valence-corrected chi connectivity index (χ2v) is 4.49. The molecule has 0 saturated carbocycles. The van der Waals surface area contributed by atoms with E-state index in [9.17, 15) is 9.18 Å². The third-order valence-corrected chi connectivity index (χ3v) is 3.24. The van der Waals surface area contributed by atoms with E-state index in [0.717, 1.165) is 0 Å². The van der Waals surface area contributed by atoms with E-state index in [1.54, 1.807) is 30.3 Å². The molecule has 2 rings (SSSR count). The molecule has 2 nitrogen and oxygen atoms in total. The molecule has 18 heavy (non-hydrogen) atoms. The standard InChI is InChI=1S/C14H10BrFO2/c1-18-12-8-4-6-10(13(12)16)14(17)9-5-2-3-7-11(9)15/h2-8H,1H3. The van der Waals surface area contributed by atoms with Gasteiger partial charge in [0, 0.05) is 10.0 Å². The lowest BCUT2D eigenvalue weighted by atomic mass is 10.0. The molecule has 2 aromatic rings. The van der Waals surface area contributed by atoms with Crippen LogP contribution in [0.15, 0.2) is 46.9 Å². The van der Waals surface area contributed by atoms with Gasteiger partial charge in [-0.05, 0) is 24.3 Å². The fourth-order valence-corrected chi connectivity index (χ4v) is 2.10. The molecule has 0 aliphatic carbocycles. The van der Waals surface area contributed by atoms with E-state index in [0.29, 0.717) is 10.0 Å². The molecule has 0 bridgehead atoms. The molecule has 0 heterocycles. The van der Waals surface area contributed by atoms with Crippen LogP contribution in [0.4, 0.5) is 4.39 Å². The Labute approximate surface area is 113 Å². The molecule has 92 valence electrons. The van der Waals surface area contributed by atoms with E-state index in [-0.39, 0.29) is 17.1 Å². The molecule has 0 aliphatic heterocycles. The molecule has 0 aliphatic rings. The van der Waals surface area contributed by atoms with Gasteiger partial charge < -0.3 is 4.74 Å². The smallest absolute Gasteiger partial charge is 0.197 e. The van der Waals surface area contributed by atoms with Crippen LogP contribution in [0.3, 0.4) is 0 Å². The van der Waals surface area contributed by atoms with Crippen molar-refractivity contribution in [2.24, 2.45) is 0 Å². The first-order valence-electron chi connectivity index (χ1n) is 5.27. The van der Waals surface area contributed by atoms with Crippen LogP contribution in [0, 0.1) is 5.82 Å². The van der Waals surface area contributed by atoms with E-state index in [1.165, 1.54) is 19.2 Å². The molecule has 4 heteroatoms. The molecule has 0 fully saturated rings. The van der Waals surface area contributed by atoms with E-state index >= 15 is 0 Å². The molecule has 0 spiro atoms. The quantitative estimate of drug-likeness (QED) is 0.806. The average molecular weight is 309 g/mol. The summed E-state index contributed by atoms with van der Waals surface area (Å²) in [5.74, 6) is -0.951. The van der Waals surface area contributed by atoms with Gasteiger partial charge in [0.25, 0.3) is 0 Å². The number of carbonyl (C=O) groups is 1. The molecule has 0 N–H and O–H groups in total. The Morgan fingerprint density at radius 3 is 2.44 bits per heavy atom. The van der Waals surface area contributed by atoms with Crippen LogP contribution in [0.25, 0.3) is 0 Å². The maximum absolute atomic E-state index is 14.0. The number of rotatable bonds is 3. The number of carbonyl (C=O) groups excluding carboxylic acids is 1. The zero-order valence-electron chi connectivity index (χ0n) is 9.61. The minimum Gasteiger partial charge on any atom is -0.494 e. The first kappa shape index (κ1) is 12.8. The lowest BCUT2D eigenvalue weighted by molar-refractivity contribution is 0.103. The number of hydrogen-bond donors (Lipinski definition) is 0. The van der Waals surface area contributed by atoms with Gasteiger partial charge in [-0.15, -0.1) is 0 Å². The van der Waals surface area contributed by atoms with Crippen molar-refractivity contribution in [2.75, 3.05) is 7.11 Å². The van der Waals surface area contributed by atoms with Gasteiger partial charge in [0.15, 0.2) is 17.3 Å². The van der Waals surface area contributed by atoms with Gasteiger partial charge in [0.2, 0.25) is 0 Å². The van der Waals surface area contributed by atoms with E-state index in [2.05, 4.69) is 15.9 Å². The third-order valence-electron chi connectivity index (χ3n) is 2.55. The van der Waals surface area contributed by atoms with Gasteiger partial charge in [-0.1, -0.05) is 34.1 Å².